The molecule has 0 spiro atoms. The molecule has 1 aromatic rings. The number of hydrogen-bond acceptors (Lipinski definition) is 3. The van der Waals surface area contributed by atoms with Gasteiger partial charge in [0.1, 0.15) is 6.04 Å². The monoisotopic (exact) mass is 318 g/mol. The number of aliphatic carboxylic acids is 1. The van der Waals surface area contributed by atoms with Gasteiger partial charge in [0.2, 0.25) is 0 Å². The zero-order valence-electron chi connectivity index (χ0n) is 13.2. The Morgan fingerprint density at radius 3 is 2.70 bits per heavy atom. The van der Waals surface area contributed by atoms with Crippen LogP contribution in [0.4, 0.5) is 0 Å². The molecule has 0 bridgehead atoms. The normalized spacial score (nSPS) is 17.6. The second-order valence-electron chi connectivity index (χ2n) is 5.69. The van der Waals surface area contributed by atoms with Crippen molar-refractivity contribution in [2.45, 2.75) is 38.6 Å². The van der Waals surface area contributed by atoms with Gasteiger partial charge in [0.05, 0.1) is 0 Å². The largest absolute Gasteiger partial charge is 0.480 e. The van der Waals surface area contributed by atoms with E-state index in [2.05, 4.69) is 5.32 Å². The first-order valence-corrected chi connectivity index (χ1v) is 7.96. The lowest BCUT2D eigenvalue weighted by molar-refractivity contribution is -0.143. The summed E-state index contributed by atoms with van der Waals surface area (Å²) in [5, 5.41) is 12.0. The van der Waals surface area contributed by atoms with Crippen LogP contribution >= 0.6 is 0 Å². The van der Waals surface area contributed by atoms with Crippen molar-refractivity contribution < 1.29 is 19.5 Å². The van der Waals surface area contributed by atoms with E-state index in [4.69, 9.17) is 0 Å². The van der Waals surface area contributed by atoms with Gasteiger partial charge in [0.15, 0.2) is 0 Å². The number of carbonyl (C=O) groups is 3. The zero-order valence-corrected chi connectivity index (χ0v) is 13.2. The number of carbonyl (C=O) groups excluding carboxylic acids is 2. The molecule has 6 heteroatoms. The van der Waals surface area contributed by atoms with Gasteiger partial charge in [-0.15, -0.1) is 0 Å². The fourth-order valence-corrected chi connectivity index (χ4v) is 2.73. The molecule has 1 aliphatic rings. The molecular formula is C17H22N2O4. The van der Waals surface area contributed by atoms with E-state index < -0.39 is 12.0 Å². The number of rotatable bonds is 5. The molecule has 1 aliphatic heterocycles. The van der Waals surface area contributed by atoms with Crippen LogP contribution < -0.4 is 5.32 Å². The first kappa shape index (κ1) is 17.0. The van der Waals surface area contributed by atoms with Crippen LogP contribution in [-0.4, -0.2) is 46.9 Å². The van der Waals surface area contributed by atoms with E-state index in [9.17, 15) is 19.5 Å². The van der Waals surface area contributed by atoms with Crippen LogP contribution in [-0.2, 0) is 4.79 Å². The molecule has 1 heterocycles. The number of carboxylic acids is 1. The molecule has 2 N–H and O–H groups in total. The lowest BCUT2D eigenvalue weighted by atomic mass is 10.0. The van der Waals surface area contributed by atoms with Crippen molar-refractivity contribution >= 4 is 17.8 Å². The highest BCUT2D eigenvalue weighted by molar-refractivity contribution is 6.00. The van der Waals surface area contributed by atoms with E-state index in [1.165, 1.54) is 11.0 Å². The average molecular weight is 318 g/mol. The SMILES string of the molecule is CCCNC(=O)c1cccc(C(=O)N2CCCCC2C(=O)O)c1. The Bertz CT molecular complexity index is 600. The minimum Gasteiger partial charge on any atom is -0.480 e. The van der Waals surface area contributed by atoms with Crippen LogP contribution in [0, 0.1) is 0 Å². The van der Waals surface area contributed by atoms with Crippen molar-refractivity contribution in [3.05, 3.63) is 35.4 Å². The summed E-state index contributed by atoms with van der Waals surface area (Å²) in [6.45, 7) is 2.97. The van der Waals surface area contributed by atoms with Crippen LogP contribution in [0.25, 0.3) is 0 Å². The van der Waals surface area contributed by atoms with E-state index in [1.807, 2.05) is 6.92 Å². The van der Waals surface area contributed by atoms with Gasteiger partial charge in [0, 0.05) is 24.2 Å². The molecule has 2 amide bonds. The van der Waals surface area contributed by atoms with Crippen molar-refractivity contribution in [2.24, 2.45) is 0 Å². The molecule has 0 saturated carbocycles. The van der Waals surface area contributed by atoms with E-state index in [-0.39, 0.29) is 11.8 Å². The Balaban J connectivity index is 2.18. The Kier molecular flexibility index (Phi) is 5.73. The fourth-order valence-electron chi connectivity index (χ4n) is 2.73. The second kappa shape index (κ2) is 7.76. The summed E-state index contributed by atoms with van der Waals surface area (Å²) >= 11 is 0. The number of nitrogens with zero attached hydrogens (tertiary/aromatic N) is 1. The first-order valence-electron chi connectivity index (χ1n) is 7.96. The van der Waals surface area contributed by atoms with Gasteiger partial charge in [-0.05, 0) is 43.9 Å². The number of amides is 2. The summed E-state index contributed by atoms with van der Waals surface area (Å²) in [5.74, 6) is -1.54. The van der Waals surface area contributed by atoms with Gasteiger partial charge in [-0.25, -0.2) is 4.79 Å². The van der Waals surface area contributed by atoms with Crippen molar-refractivity contribution in [1.82, 2.24) is 10.2 Å². The van der Waals surface area contributed by atoms with E-state index in [1.54, 1.807) is 18.2 Å². The standard InChI is InChI=1S/C17H22N2O4/c1-2-9-18-15(20)12-6-5-7-13(11-12)16(21)19-10-4-3-8-14(19)17(22)23/h5-7,11,14H,2-4,8-10H2,1H3,(H,18,20)(H,22,23). The maximum atomic E-state index is 12.6. The molecule has 124 valence electrons. The maximum absolute atomic E-state index is 12.6. The molecule has 0 radical (unpaired) electrons. The van der Waals surface area contributed by atoms with Crippen molar-refractivity contribution in [2.75, 3.05) is 13.1 Å². The lowest BCUT2D eigenvalue weighted by Crippen LogP contribution is -2.48. The molecular weight excluding hydrogens is 296 g/mol. The highest BCUT2D eigenvalue weighted by atomic mass is 16.4. The molecule has 1 aromatic carbocycles. The highest BCUT2D eigenvalue weighted by Gasteiger charge is 2.32. The van der Waals surface area contributed by atoms with Crippen LogP contribution in [0.5, 0.6) is 0 Å². The predicted octanol–water partition coefficient (Wildman–Crippen LogP) is 1.91. The number of piperidine rings is 1. The summed E-state index contributed by atoms with van der Waals surface area (Å²) < 4.78 is 0. The highest BCUT2D eigenvalue weighted by Crippen LogP contribution is 2.20. The molecule has 1 fully saturated rings. The molecule has 1 unspecified atom stereocenters. The van der Waals surface area contributed by atoms with Gasteiger partial charge in [-0.3, -0.25) is 9.59 Å². The topological polar surface area (TPSA) is 86.7 Å². The smallest absolute Gasteiger partial charge is 0.326 e. The summed E-state index contributed by atoms with van der Waals surface area (Å²) in [6.07, 6.45) is 2.91. The van der Waals surface area contributed by atoms with Gasteiger partial charge in [0.25, 0.3) is 11.8 Å². The number of benzene rings is 1. The summed E-state index contributed by atoms with van der Waals surface area (Å²) in [7, 11) is 0. The number of hydrogen-bond donors (Lipinski definition) is 2. The van der Waals surface area contributed by atoms with Gasteiger partial charge in [-0.2, -0.15) is 0 Å². The third kappa shape index (κ3) is 4.09. The summed E-state index contributed by atoms with van der Waals surface area (Å²) in [6, 6.07) is 5.65. The first-order chi connectivity index (χ1) is 11.0. The molecule has 0 aromatic heterocycles. The Morgan fingerprint density at radius 2 is 2.00 bits per heavy atom. The average Bonchev–Trinajstić information content (AvgIpc) is 2.59. The summed E-state index contributed by atoms with van der Waals surface area (Å²) in [5.41, 5.74) is 0.760. The van der Waals surface area contributed by atoms with Crippen LogP contribution in [0.15, 0.2) is 24.3 Å². The third-order valence-corrected chi connectivity index (χ3v) is 3.96. The Labute approximate surface area is 135 Å². The van der Waals surface area contributed by atoms with E-state index in [0.29, 0.717) is 30.6 Å². The quantitative estimate of drug-likeness (QED) is 0.868. The Morgan fingerprint density at radius 1 is 1.26 bits per heavy atom. The molecule has 1 atom stereocenters. The minimum absolute atomic E-state index is 0.227. The van der Waals surface area contributed by atoms with Gasteiger partial charge < -0.3 is 15.3 Å². The number of carboxylic acid groups (broad SMARTS) is 1. The minimum atomic E-state index is -0.977. The van der Waals surface area contributed by atoms with Crippen molar-refractivity contribution in [3.8, 4) is 0 Å². The predicted molar refractivity (Wildman–Crippen MR) is 85.4 cm³/mol. The summed E-state index contributed by atoms with van der Waals surface area (Å²) in [4.78, 5) is 37.4. The van der Waals surface area contributed by atoms with E-state index in [0.717, 1.165) is 19.3 Å². The molecule has 2 rings (SSSR count). The second-order valence-corrected chi connectivity index (χ2v) is 5.69. The number of likely N-dealkylation sites (tertiary alicyclic amines) is 1. The molecule has 0 aliphatic carbocycles. The molecule has 23 heavy (non-hydrogen) atoms. The maximum Gasteiger partial charge on any atom is 0.326 e. The van der Waals surface area contributed by atoms with Gasteiger partial charge in [-0.1, -0.05) is 13.0 Å². The third-order valence-electron chi connectivity index (χ3n) is 3.96. The van der Waals surface area contributed by atoms with E-state index >= 15 is 0 Å². The fraction of sp³-hybridized carbons (Fsp3) is 0.471. The Hall–Kier alpha value is -2.37. The van der Waals surface area contributed by atoms with Crippen molar-refractivity contribution in [3.63, 3.8) is 0 Å². The zero-order chi connectivity index (χ0) is 16.8. The van der Waals surface area contributed by atoms with Crippen LogP contribution in [0.3, 0.4) is 0 Å². The molecule has 1 saturated heterocycles. The van der Waals surface area contributed by atoms with Crippen LogP contribution in [0.2, 0.25) is 0 Å². The van der Waals surface area contributed by atoms with Crippen LogP contribution in [0.1, 0.15) is 53.3 Å². The number of nitrogens with one attached hydrogen (secondary N) is 1. The molecule has 6 nitrogen and oxygen atoms in total. The van der Waals surface area contributed by atoms with Crippen molar-refractivity contribution in [1.29, 1.82) is 0 Å². The lowest BCUT2D eigenvalue weighted by Gasteiger charge is -2.33. The van der Waals surface area contributed by atoms with Gasteiger partial charge >= 0.3 is 5.97 Å².